The smallest absolute Gasteiger partial charge is 0.323 e. The van der Waals surface area contributed by atoms with Crippen molar-refractivity contribution < 1.29 is 9.53 Å². The van der Waals surface area contributed by atoms with Gasteiger partial charge in [-0.2, -0.15) is 0 Å². The molecule has 2 amide bonds. The normalized spacial score (nSPS) is 15.5. The van der Waals surface area contributed by atoms with Gasteiger partial charge in [-0.05, 0) is 25.0 Å². The molecule has 2 aromatic rings. The number of hydrogen-bond donors (Lipinski definition) is 1. The molecular weight excluding hydrogens is 312 g/mol. The molecule has 1 aromatic carbocycles. The molecule has 1 fully saturated rings. The SMILES string of the molecule is Cc1cccc(C)c1OC1CCN(C(=O)Nc2nncs2)CC1. The number of aromatic nitrogens is 2. The summed E-state index contributed by atoms with van der Waals surface area (Å²) in [5.41, 5.74) is 3.91. The molecule has 6 nitrogen and oxygen atoms in total. The van der Waals surface area contributed by atoms with E-state index in [0.717, 1.165) is 29.7 Å². The molecule has 0 atom stereocenters. The fourth-order valence-electron chi connectivity index (χ4n) is 2.73. The van der Waals surface area contributed by atoms with Gasteiger partial charge in [0.25, 0.3) is 0 Å². The van der Waals surface area contributed by atoms with Crippen molar-refractivity contribution in [3.8, 4) is 5.75 Å². The quantitative estimate of drug-likeness (QED) is 0.937. The molecule has 122 valence electrons. The highest BCUT2D eigenvalue weighted by molar-refractivity contribution is 7.13. The number of anilines is 1. The van der Waals surface area contributed by atoms with E-state index in [9.17, 15) is 4.79 Å². The lowest BCUT2D eigenvalue weighted by molar-refractivity contribution is 0.114. The maximum atomic E-state index is 12.2. The number of hydrogen-bond acceptors (Lipinski definition) is 5. The third kappa shape index (κ3) is 3.79. The van der Waals surface area contributed by atoms with Crippen LogP contribution in [-0.2, 0) is 0 Å². The molecule has 7 heteroatoms. The molecule has 1 aliphatic heterocycles. The second-order valence-corrected chi connectivity index (χ2v) is 6.53. The molecule has 3 rings (SSSR count). The Morgan fingerprint density at radius 2 is 2.00 bits per heavy atom. The molecule has 0 saturated carbocycles. The third-order valence-corrected chi connectivity index (χ3v) is 4.60. The number of benzene rings is 1. The van der Waals surface area contributed by atoms with Gasteiger partial charge >= 0.3 is 6.03 Å². The van der Waals surface area contributed by atoms with Crippen LogP contribution in [0.15, 0.2) is 23.7 Å². The average molecular weight is 332 g/mol. The maximum absolute atomic E-state index is 12.2. The monoisotopic (exact) mass is 332 g/mol. The predicted molar refractivity (Wildman–Crippen MR) is 90.1 cm³/mol. The van der Waals surface area contributed by atoms with E-state index in [2.05, 4.69) is 41.5 Å². The van der Waals surface area contributed by atoms with Crippen LogP contribution in [0, 0.1) is 13.8 Å². The van der Waals surface area contributed by atoms with Gasteiger partial charge in [-0.25, -0.2) is 4.79 Å². The number of carbonyl (C=O) groups is 1. The third-order valence-electron chi connectivity index (χ3n) is 4.00. The maximum Gasteiger partial charge on any atom is 0.323 e. The standard InChI is InChI=1S/C16H20N4O2S/c1-11-4-3-5-12(2)14(11)22-13-6-8-20(9-7-13)16(21)18-15-19-17-10-23-15/h3-5,10,13H,6-9H2,1-2H3,(H,18,19,21). The number of ether oxygens (including phenoxy) is 1. The highest BCUT2D eigenvalue weighted by Crippen LogP contribution is 2.26. The fraction of sp³-hybridized carbons (Fsp3) is 0.438. The first-order chi connectivity index (χ1) is 11.1. The first-order valence-electron chi connectivity index (χ1n) is 7.68. The van der Waals surface area contributed by atoms with Crippen LogP contribution in [0.3, 0.4) is 0 Å². The Hall–Kier alpha value is -2.15. The van der Waals surface area contributed by atoms with Gasteiger partial charge in [0.2, 0.25) is 5.13 Å². The molecule has 1 aliphatic rings. The van der Waals surface area contributed by atoms with Crippen LogP contribution < -0.4 is 10.1 Å². The Bertz CT molecular complexity index is 646. The minimum absolute atomic E-state index is 0.118. The van der Waals surface area contributed by atoms with Gasteiger partial charge in [0, 0.05) is 25.9 Å². The van der Waals surface area contributed by atoms with Gasteiger partial charge < -0.3 is 9.64 Å². The zero-order chi connectivity index (χ0) is 16.2. The summed E-state index contributed by atoms with van der Waals surface area (Å²) in [6.07, 6.45) is 1.81. The number of urea groups is 1. The zero-order valence-electron chi connectivity index (χ0n) is 13.3. The molecule has 23 heavy (non-hydrogen) atoms. The van der Waals surface area contributed by atoms with Crippen molar-refractivity contribution >= 4 is 22.5 Å². The van der Waals surface area contributed by atoms with E-state index in [0.29, 0.717) is 18.2 Å². The van der Waals surface area contributed by atoms with Crippen LogP contribution in [0.2, 0.25) is 0 Å². The molecule has 1 N–H and O–H groups in total. The van der Waals surface area contributed by atoms with Crippen molar-refractivity contribution in [1.29, 1.82) is 0 Å². The second kappa shape index (κ2) is 6.95. The number of likely N-dealkylation sites (tertiary alicyclic amines) is 1. The number of amides is 2. The zero-order valence-corrected chi connectivity index (χ0v) is 14.1. The minimum atomic E-state index is -0.118. The van der Waals surface area contributed by atoms with Crippen LogP contribution >= 0.6 is 11.3 Å². The molecule has 0 aliphatic carbocycles. The van der Waals surface area contributed by atoms with Crippen LogP contribution in [0.25, 0.3) is 0 Å². The van der Waals surface area contributed by atoms with Crippen molar-refractivity contribution in [2.45, 2.75) is 32.8 Å². The van der Waals surface area contributed by atoms with Gasteiger partial charge in [-0.3, -0.25) is 5.32 Å². The average Bonchev–Trinajstić information content (AvgIpc) is 3.04. The van der Waals surface area contributed by atoms with E-state index in [1.807, 2.05) is 6.07 Å². The number of para-hydroxylation sites is 1. The van der Waals surface area contributed by atoms with E-state index in [1.54, 1.807) is 10.4 Å². The summed E-state index contributed by atoms with van der Waals surface area (Å²) < 4.78 is 6.17. The lowest BCUT2D eigenvalue weighted by Gasteiger charge is -2.32. The predicted octanol–water partition coefficient (Wildman–Crippen LogP) is 3.23. The summed E-state index contributed by atoms with van der Waals surface area (Å²) in [4.78, 5) is 13.9. The second-order valence-electron chi connectivity index (χ2n) is 5.70. The Kier molecular flexibility index (Phi) is 4.76. The summed E-state index contributed by atoms with van der Waals surface area (Å²) in [7, 11) is 0. The van der Waals surface area contributed by atoms with E-state index in [1.165, 1.54) is 11.3 Å². The van der Waals surface area contributed by atoms with Crippen molar-refractivity contribution in [3.05, 3.63) is 34.8 Å². The van der Waals surface area contributed by atoms with E-state index < -0.39 is 0 Å². The first-order valence-corrected chi connectivity index (χ1v) is 8.56. The number of nitrogens with one attached hydrogen (secondary N) is 1. The van der Waals surface area contributed by atoms with Gasteiger partial charge in [-0.1, -0.05) is 29.5 Å². The minimum Gasteiger partial charge on any atom is -0.490 e. The lowest BCUT2D eigenvalue weighted by Crippen LogP contribution is -2.43. The number of aryl methyl sites for hydroxylation is 2. The largest absolute Gasteiger partial charge is 0.490 e. The fourth-order valence-corrected chi connectivity index (χ4v) is 3.16. The molecule has 0 unspecified atom stereocenters. The Morgan fingerprint density at radius 3 is 2.61 bits per heavy atom. The van der Waals surface area contributed by atoms with E-state index in [-0.39, 0.29) is 12.1 Å². The van der Waals surface area contributed by atoms with Crippen molar-refractivity contribution in [1.82, 2.24) is 15.1 Å². The summed E-state index contributed by atoms with van der Waals surface area (Å²) >= 11 is 1.32. The molecule has 1 saturated heterocycles. The molecular formula is C16H20N4O2S. The van der Waals surface area contributed by atoms with Crippen molar-refractivity contribution in [2.24, 2.45) is 0 Å². The van der Waals surface area contributed by atoms with Gasteiger partial charge in [-0.15, -0.1) is 10.2 Å². The summed E-state index contributed by atoms with van der Waals surface area (Å²) in [5.74, 6) is 0.976. The van der Waals surface area contributed by atoms with E-state index >= 15 is 0 Å². The number of carbonyl (C=O) groups excluding carboxylic acids is 1. The van der Waals surface area contributed by atoms with Gasteiger partial charge in [0.05, 0.1) is 0 Å². The van der Waals surface area contributed by atoms with Crippen LogP contribution in [0.4, 0.5) is 9.93 Å². The van der Waals surface area contributed by atoms with Gasteiger partial charge in [0.1, 0.15) is 17.4 Å². The summed E-state index contributed by atoms with van der Waals surface area (Å²) in [6.45, 7) is 5.49. The van der Waals surface area contributed by atoms with Crippen LogP contribution in [-0.4, -0.2) is 40.3 Å². The van der Waals surface area contributed by atoms with Crippen LogP contribution in [0.1, 0.15) is 24.0 Å². The van der Waals surface area contributed by atoms with Gasteiger partial charge in [0.15, 0.2) is 0 Å². The number of nitrogens with zero attached hydrogens (tertiary/aromatic N) is 3. The molecule has 0 spiro atoms. The Labute approximate surface area is 139 Å². The van der Waals surface area contributed by atoms with Crippen molar-refractivity contribution in [2.75, 3.05) is 18.4 Å². The highest BCUT2D eigenvalue weighted by Gasteiger charge is 2.25. The number of rotatable bonds is 3. The Balaban J connectivity index is 1.53. The topological polar surface area (TPSA) is 67.3 Å². The molecule has 0 bridgehead atoms. The molecule has 0 radical (unpaired) electrons. The summed E-state index contributed by atoms with van der Waals surface area (Å²) in [5, 5.41) is 10.8. The molecule has 2 heterocycles. The summed E-state index contributed by atoms with van der Waals surface area (Å²) in [6, 6.07) is 6.05. The number of piperidine rings is 1. The van der Waals surface area contributed by atoms with Crippen molar-refractivity contribution in [3.63, 3.8) is 0 Å². The van der Waals surface area contributed by atoms with E-state index in [4.69, 9.17) is 4.74 Å². The first kappa shape index (κ1) is 15.7. The highest BCUT2D eigenvalue weighted by atomic mass is 32.1. The molecule has 1 aromatic heterocycles. The lowest BCUT2D eigenvalue weighted by atomic mass is 10.1. The van der Waals surface area contributed by atoms with Crippen LogP contribution in [0.5, 0.6) is 5.75 Å². The Morgan fingerprint density at radius 1 is 1.30 bits per heavy atom.